The number of nitrogens with two attached hydrogens (primary N) is 1. The Morgan fingerprint density at radius 1 is 1.25 bits per heavy atom. The van der Waals surface area contributed by atoms with E-state index in [0.29, 0.717) is 17.1 Å². The van der Waals surface area contributed by atoms with Crippen molar-refractivity contribution in [2.75, 3.05) is 11.1 Å². The van der Waals surface area contributed by atoms with Crippen molar-refractivity contribution < 1.29 is 14.0 Å². The second kappa shape index (κ2) is 6.12. The summed E-state index contributed by atoms with van der Waals surface area (Å²) in [5.41, 5.74) is 6.32. The van der Waals surface area contributed by atoms with Crippen LogP contribution in [0.3, 0.4) is 0 Å². The van der Waals surface area contributed by atoms with Gasteiger partial charge in [0.2, 0.25) is 0 Å². The average Bonchev–Trinajstić information content (AvgIpc) is 2.92. The van der Waals surface area contributed by atoms with Gasteiger partial charge in [0.1, 0.15) is 5.76 Å². The average molecular weight is 294 g/mol. The number of nitrogens with one attached hydrogen (secondary N) is 2. The summed E-state index contributed by atoms with van der Waals surface area (Å²) in [6.45, 7) is 0.134. The summed E-state index contributed by atoms with van der Waals surface area (Å²) in [5, 5.41) is 5.08. The summed E-state index contributed by atoms with van der Waals surface area (Å²) in [4.78, 5) is 23.3. The van der Waals surface area contributed by atoms with E-state index < -0.39 is 11.8 Å². The molecule has 0 radical (unpaired) electrons. The van der Waals surface area contributed by atoms with E-state index in [1.807, 2.05) is 0 Å². The molecule has 2 amide bonds. The Labute approximate surface area is 119 Å². The number of halogens is 1. The molecule has 0 fully saturated rings. The van der Waals surface area contributed by atoms with Gasteiger partial charge in [0, 0.05) is 5.69 Å². The van der Waals surface area contributed by atoms with Crippen LogP contribution in [-0.4, -0.2) is 11.8 Å². The molecule has 0 aliphatic carbocycles. The Hall–Kier alpha value is -2.47. The predicted molar refractivity (Wildman–Crippen MR) is 75.0 cm³/mol. The molecule has 7 heteroatoms. The zero-order valence-corrected chi connectivity index (χ0v) is 11.1. The molecular weight excluding hydrogens is 282 g/mol. The maximum absolute atomic E-state index is 11.7. The van der Waals surface area contributed by atoms with Crippen molar-refractivity contribution in [3.05, 3.63) is 47.4 Å². The highest BCUT2D eigenvalue weighted by Crippen LogP contribution is 2.23. The fraction of sp³-hybridized carbons (Fsp3) is 0.0769. The summed E-state index contributed by atoms with van der Waals surface area (Å²) < 4.78 is 5.03. The molecule has 104 valence electrons. The quantitative estimate of drug-likeness (QED) is 0.593. The van der Waals surface area contributed by atoms with E-state index in [-0.39, 0.29) is 11.6 Å². The number of carbonyl (C=O) groups is 2. The first kappa shape index (κ1) is 14.0. The van der Waals surface area contributed by atoms with Crippen LogP contribution in [0.25, 0.3) is 0 Å². The summed E-state index contributed by atoms with van der Waals surface area (Å²) >= 11 is 5.90. The molecule has 0 saturated carbocycles. The van der Waals surface area contributed by atoms with Crippen molar-refractivity contribution >= 4 is 34.8 Å². The lowest BCUT2D eigenvalue weighted by Gasteiger charge is -2.07. The van der Waals surface area contributed by atoms with Crippen LogP contribution in [0.2, 0.25) is 5.02 Å². The first-order chi connectivity index (χ1) is 9.56. The summed E-state index contributed by atoms with van der Waals surface area (Å²) in [6, 6.07) is 7.96. The van der Waals surface area contributed by atoms with E-state index in [9.17, 15) is 9.59 Å². The fourth-order valence-corrected chi connectivity index (χ4v) is 1.71. The molecule has 0 spiro atoms. The third-order valence-corrected chi connectivity index (χ3v) is 2.76. The standard InChI is InChI=1S/C13H12ClN3O3/c14-10-6-8(15)3-4-11(10)17-13(19)12(18)16-7-9-2-1-5-20-9/h1-6H,7,15H2,(H,16,18)(H,17,19). The lowest BCUT2D eigenvalue weighted by Crippen LogP contribution is -2.34. The molecule has 0 aliphatic rings. The Kier molecular flexibility index (Phi) is 4.27. The van der Waals surface area contributed by atoms with Gasteiger partial charge >= 0.3 is 11.8 Å². The van der Waals surface area contributed by atoms with Crippen LogP contribution in [0.4, 0.5) is 11.4 Å². The molecule has 1 aromatic carbocycles. The molecule has 4 N–H and O–H groups in total. The Balaban J connectivity index is 1.92. The van der Waals surface area contributed by atoms with Gasteiger partial charge in [-0.25, -0.2) is 0 Å². The van der Waals surface area contributed by atoms with Crippen molar-refractivity contribution in [3.63, 3.8) is 0 Å². The van der Waals surface area contributed by atoms with Gasteiger partial charge in [-0.2, -0.15) is 0 Å². The number of nitrogen functional groups attached to an aromatic ring is 1. The van der Waals surface area contributed by atoms with E-state index in [2.05, 4.69) is 10.6 Å². The third-order valence-electron chi connectivity index (χ3n) is 2.45. The van der Waals surface area contributed by atoms with Gasteiger partial charge in [-0.15, -0.1) is 0 Å². The van der Waals surface area contributed by atoms with E-state index in [1.165, 1.54) is 18.4 Å². The molecule has 1 aromatic heterocycles. The molecule has 6 nitrogen and oxygen atoms in total. The van der Waals surface area contributed by atoms with E-state index in [1.54, 1.807) is 18.2 Å². The second-order valence-corrected chi connectivity index (χ2v) is 4.36. The number of hydrogen-bond acceptors (Lipinski definition) is 4. The minimum absolute atomic E-state index is 0.134. The molecule has 2 rings (SSSR count). The summed E-state index contributed by atoms with van der Waals surface area (Å²) in [6.07, 6.45) is 1.48. The van der Waals surface area contributed by atoms with Crippen LogP contribution < -0.4 is 16.4 Å². The molecular formula is C13H12ClN3O3. The zero-order chi connectivity index (χ0) is 14.5. The van der Waals surface area contributed by atoms with E-state index in [0.717, 1.165) is 0 Å². The lowest BCUT2D eigenvalue weighted by molar-refractivity contribution is -0.136. The minimum atomic E-state index is -0.816. The first-order valence-corrected chi connectivity index (χ1v) is 6.10. The Bertz CT molecular complexity index is 626. The van der Waals surface area contributed by atoms with Crippen LogP contribution in [0.5, 0.6) is 0 Å². The maximum atomic E-state index is 11.7. The van der Waals surface area contributed by atoms with Crippen molar-refractivity contribution in [1.82, 2.24) is 5.32 Å². The molecule has 0 unspecified atom stereocenters. The highest BCUT2D eigenvalue weighted by Gasteiger charge is 2.15. The van der Waals surface area contributed by atoms with Gasteiger partial charge in [0.15, 0.2) is 0 Å². The Morgan fingerprint density at radius 3 is 2.70 bits per heavy atom. The van der Waals surface area contributed by atoms with Crippen LogP contribution in [0, 0.1) is 0 Å². The monoisotopic (exact) mass is 293 g/mol. The largest absolute Gasteiger partial charge is 0.467 e. The van der Waals surface area contributed by atoms with Crippen molar-refractivity contribution in [2.45, 2.75) is 6.54 Å². The van der Waals surface area contributed by atoms with Gasteiger partial charge < -0.3 is 20.8 Å². The molecule has 1 heterocycles. The van der Waals surface area contributed by atoms with Gasteiger partial charge in [-0.3, -0.25) is 9.59 Å². The van der Waals surface area contributed by atoms with Gasteiger partial charge in [-0.1, -0.05) is 11.6 Å². The molecule has 0 saturated heterocycles. The maximum Gasteiger partial charge on any atom is 0.313 e. The first-order valence-electron chi connectivity index (χ1n) is 5.73. The number of carbonyl (C=O) groups excluding carboxylic acids is 2. The van der Waals surface area contributed by atoms with Crippen LogP contribution in [0.15, 0.2) is 41.0 Å². The second-order valence-electron chi connectivity index (χ2n) is 3.96. The highest BCUT2D eigenvalue weighted by atomic mass is 35.5. The molecule has 0 bridgehead atoms. The lowest BCUT2D eigenvalue weighted by atomic mass is 10.3. The molecule has 2 aromatic rings. The minimum Gasteiger partial charge on any atom is -0.467 e. The smallest absolute Gasteiger partial charge is 0.313 e. The number of anilines is 2. The molecule has 0 aliphatic heterocycles. The normalized spacial score (nSPS) is 10.1. The fourth-order valence-electron chi connectivity index (χ4n) is 1.47. The molecule has 20 heavy (non-hydrogen) atoms. The van der Waals surface area contributed by atoms with Crippen molar-refractivity contribution in [3.8, 4) is 0 Å². The highest BCUT2D eigenvalue weighted by molar-refractivity contribution is 6.41. The summed E-state index contributed by atoms with van der Waals surface area (Å²) in [7, 11) is 0. The summed E-state index contributed by atoms with van der Waals surface area (Å²) in [5.74, 6) is -1.05. The predicted octanol–water partition coefficient (Wildman–Crippen LogP) is 1.77. The van der Waals surface area contributed by atoms with Crippen LogP contribution in [-0.2, 0) is 16.1 Å². The van der Waals surface area contributed by atoms with Gasteiger partial charge in [-0.05, 0) is 30.3 Å². The molecule has 0 atom stereocenters. The topological polar surface area (TPSA) is 97.4 Å². The van der Waals surface area contributed by atoms with Crippen LogP contribution >= 0.6 is 11.6 Å². The third kappa shape index (κ3) is 3.52. The number of benzene rings is 1. The van der Waals surface area contributed by atoms with Gasteiger partial charge in [0.25, 0.3) is 0 Å². The number of hydrogen-bond donors (Lipinski definition) is 3. The number of rotatable bonds is 3. The van der Waals surface area contributed by atoms with Crippen molar-refractivity contribution in [2.24, 2.45) is 0 Å². The van der Waals surface area contributed by atoms with Crippen molar-refractivity contribution in [1.29, 1.82) is 0 Å². The van der Waals surface area contributed by atoms with E-state index in [4.69, 9.17) is 21.8 Å². The van der Waals surface area contributed by atoms with Crippen LogP contribution in [0.1, 0.15) is 5.76 Å². The SMILES string of the molecule is Nc1ccc(NC(=O)C(=O)NCc2ccco2)c(Cl)c1. The number of furan rings is 1. The number of amides is 2. The Morgan fingerprint density at radius 2 is 2.05 bits per heavy atom. The zero-order valence-electron chi connectivity index (χ0n) is 10.4. The van der Waals surface area contributed by atoms with Gasteiger partial charge in [0.05, 0.1) is 23.5 Å². The van der Waals surface area contributed by atoms with E-state index >= 15 is 0 Å².